The number of rotatable bonds is 6. The first-order valence-electron chi connectivity index (χ1n) is 8.90. The number of urea groups is 1. The van der Waals surface area contributed by atoms with Crippen molar-refractivity contribution < 1.29 is 23.9 Å². The van der Waals surface area contributed by atoms with E-state index in [1.807, 2.05) is 13.8 Å². The van der Waals surface area contributed by atoms with Gasteiger partial charge in [-0.1, -0.05) is 20.8 Å². The van der Waals surface area contributed by atoms with Crippen LogP contribution in [-0.2, 0) is 19.1 Å². The fraction of sp³-hybridized carbons (Fsp3) is 0.765. The first kappa shape index (κ1) is 19.2. The number of piperidine rings is 1. The fourth-order valence-electron chi connectivity index (χ4n) is 3.37. The van der Waals surface area contributed by atoms with Gasteiger partial charge in [0.25, 0.3) is 11.8 Å². The van der Waals surface area contributed by atoms with Crippen LogP contribution in [0.4, 0.5) is 4.79 Å². The lowest BCUT2D eigenvalue weighted by Crippen LogP contribution is -2.46. The molecule has 8 heteroatoms. The highest BCUT2D eigenvalue weighted by molar-refractivity contribution is 6.08. The number of hydrogen-bond acceptors (Lipinski definition) is 5. The molecular weight excluding hydrogens is 326 g/mol. The molecule has 8 nitrogen and oxygen atoms in total. The van der Waals surface area contributed by atoms with Gasteiger partial charge in [0.1, 0.15) is 12.1 Å². The number of likely N-dealkylation sites (tertiary alicyclic amines) is 1. The Bertz CT molecular complexity index is 558. The van der Waals surface area contributed by atoms with Gasteiger partial charge in [-0.3, -0.25) is 19.3 Å². The number of carbonyl (C=O) groups is 4. The average Bonchev–Trinajstić information content (AvgIpc) is 2.84. The number of carbonyl (C=O) groups excluding carboxylic acids is 4. The van der Waals surface area contributed by atoms with E-state index in [-0.39, 0.29) is 12.5 Å². The van der Waals surface area contributed by atoms with E-state index in [1.54, 1.807) is 4.90 Å². The fourth-order valence-corrected chi connectivity index (χ4v) is 3.37. The Balaban J connectivity index is 1.85. The van der Waals surface area contributed by atoms with Crippen molar-refractivity contribution in [3.8, 4) is 0 Å². The Morgan fingerprint density at radius 1 is 1.28 bits per heavy atom. The number of ether oxygens (including phenoxy) is 1. The predicted octanol–water partition coefficient (Wildman–Crippen LogP) is 0.899. The molecule has 0 aromatic rings. The number of nitrogens with zero attached hydrogens (tertiary/aromatic N) is 2. The third-order valence-corrected chi connectivity index (χ3v) is 5.11. The Kier molecular flexibility index (Phi) is 6.02. The molecule has 0 aromatic carbocycles. The minimum absolute atomic E-state index is 0.242. The van der Waals surface area contributed by atoms with Crippen molar-refractivity contribution in [3.05, 3.63) is 0 Å². The molecule has 2 fully saturated rings. The number of amides is 4. The maximum Gasteiger partial charge on any atom is 0.326 e. The SMILES string of the molecule is CCC1(CC)NC(=O)N(CC(=O)OCC(=O)N2CCC[C@H](C)C2)C1=O. The molecule has 2 rings (SSSR count). The van der Waals surface area contributed by atoms with E-state index in [1.165, 1.54) is 0 Å². The zero-order chi connectivity index (χ0) is 18.6. The second-order valence-electron chi connectivity index (χ2n) is 6.86. The standard InChI is InChI=1S/C17H27N3O5/c1-4-17(5-2)15(23)20(16(24)18-17)10-14(22)25-11-13(21)19-8-6-7-12(3)9-19/h12H,4-11H2,1-3H3,(H,18,24)/t12-/m0/s1. The van der Waals surface area contributed by atoms with E-state index in [9.17, 15) is 19.2 Å². The van der Waals surface area contributed by atoms with Gasteiger partial charge in [-0.15, -0.1) is 0 Å². The van der Waals surface area contributed by atoms with Crippen LogP contribution in [0.25, 0.3) is 0 Å². The monoisotopic (exact) mass is 353 g/mol. The molecule has 25 heavy (non-hydrogen) atoms. The summed E-state index contributed by atoms with van der Waals surface area (Å²) in [5, 5.41) is 2.65. The Morgan fingerprint density at radius 2 is 1.96 bits per heavy atom. The van der Waals surface area contributed by atoms with Gasteiger partial charge in [0.05, 0.1) is 0 Å². The molecule has 1 atom stereocenters. The lowest BCUT2D eigenvalue weighted by Gasteiger charge is -2.30. The highest BCUT2D eigenvalue weighted by Crippen LogP contribution is 2.24. The minimum atomic E-state index is -0.947. The molecule has 2 aliphatic rings. The first-order chi connectivity index (χ1) is 11.8. The molecule has 2 saturated heterocycles. The van der Waals surface area contributed by atoms with Gasteiger partial charge in [0, 0.05) is 13.1 Å². The molecule has 1 N–H and O–H groups in total. The molecule has 2 heterocycles. The molecule has 0 saturated carbocycles. The van der Waals surface area contributed by atoms with Crippen molar-refractivity contribution in [2.45, 2.75) is 52.0 Å². The van der Waals surface area contributed by atoms with Gasteiger partial charge >= 0.3 is 12.0 Å². The largest absolute Gasteiger partial charge is 0.454 e. The zero-order valence-electron chi connectivity index (χ0n) is 15.2. The van der Waals surface area contributed by atoms with Gasteiger partial charge in [-0.25, -0.2) is 4.79 Å². The van der Waals surface area contributed by atoms with Crippen molar-refractivity contribution in [3.63, 3.8) is 0 Å². The smallest absolute Gasteiger partial charge is 0.326 e. The summed E-state index contributed by atoms with van der Waals surface area (Å²) >= 11 is 0. The summed E-state index contributed by atoms with van der Waals surface area (Å²) in [6, 6.07) is -0.596. The molecule has 2 aliphatic heterocycles. The maximum absolute atomic E-state index is 12.4. The van der Waals surface area contributed by atoms with Crippen LogP contribution in [0.15, 0.2) is 0 Å². The topological polar surface area (TPSA) is 96.0 Å². The van der Waals surface area contributed by atoms with Crippen LogP contribution in [0, 0.1) is 5.92 Å². The van der Waals surface area contributed by atoms with Crippen LogP contribution in [-0.4, -0.2) is 65.4 Å². The van der Waals surface area contributed by atoms with Crippen LogP contribution < -0.4 is 5.32 Å². The lowest BCUT2D eigenvalue weighted by atomic mass is 9.93. The normalized spacial score (nSPS) is 22.8. The van der Waals surface area contributed by atoms with Crippen LogP contribution in [0.2, 0.25) is 0 Å². The highest BCUT2D eigenvalue weighted by Gasteiger charge is 2.49. The number of imide groups is 1. The van der Waals surface area contributed by atoms with E-state index in [0.717, 1.165) is 17.7 Å². The van der Waals surface area contributed by atoms with Gasteiger partial charge in [0.2, 0.25) is 0 Å². The summed E-state index contributed by atoms with van der Waals surface area (Å²) in [6.45, 7) is 6.19. The molecule has 0 aliphatic carbocycles. The minimum Gasteiger partial charge on any atom is -0.454 e. The third-order valence-electron chi connectivity index (χ3n) is 5.11. The van der Waals surface area contributed by atoms with Crippen LogP contribution >= 0.6 is 0 Å². The van der Waals surface area contributed by atoms with Crippen molar-refractivity contribution >= 4 is 23.8 Å². The summed E-state index contributed by atoms with van der Waals surface area (Å²) in [7, 11) is 0. The van der Waals surface area contributed by atoms with Crippen LogP contribution in [0.5, 0.6) is 0 Å². The lowest BCUT2D eigenvalue weighted by molar-refractivity contribution is -0.154. The molecule has 0 aromatic heterocycles. The summed E-state index contributed by atoms with van der Waals surface area (Å²) < 4.78 is 4.98. The maximum atomic E-state index is 12.4. The molecular formula is C17H27N3O5. The number of hydrogen-bond donors (Lipinski definition) is 1. The Labute approximate surface area is 147 Å². The second kappa shape index (κ2) is 7.84. The zero-order valence-corrected chi connectivity index (χ0v) is 15.2. The van der Waals surface area contributed by atoms with E-state index >= 15 is 0 Å². The molecule has 0 radical (unpaired) electrons. The molecule has 0 bridgehead atoms. The second-order valence-corrected chi connectivity index (χ2v) is 6.86. The van der Waals surface area contributed by atoms with E-state index in [2.05, 4.69) is 12.2 Å². The summed E-state index contributed by atoms with van der Waals surface area (Å²) in [5.41, 5.74) is -0.947. The van der Waals surface area contributed by atoms with Crippen molar-refractivity contribution in [1.29, 1.82) is 0 Å². The molecule has 4 amide bonds. The number of esters is 1. The van der Waals surface area contributed by atoms with Crippen LogP contribution in [0.1, 0.15) is 46.5 Å². The van der Waals surface area contributed by atoms with Gasteiger partial charge < -0.3 is 15.0 Å². The first-order valence-corrected chi connectivity index (χ1v) is 8.90. The molecule has 0 unspecified atom stereocenters. The Morgan fingerprint density at radius 3 is 2.52 bits per heavy atom. The van der Waals surface area contributed by atoms with E-state index < -0.39 is 30.0 Å². The van der Waals surface area contributed by atoms with Crippen molar-refractivity contribution in [1.82, 2.24) is 15.1 Å². The van der Waals surface area contributed by atoms with Crippen LogP contribution in [0.3, 0.4) is 0 Å². The highest BCUT2D eigenvalue weighted by atomic mass is 16.5. The van der Waals surface area contributed by atoms with Crippen molar-refractivity contribution in [2.24, 2.45) is 5.92 Å². The van der Waals surface area contributed by atoms with E-state index in [4.69, 9.17) is 4.74 Å². The Hall–Kier alpha value is -2.12. The van der Waals surface area contributed by atoms with Crippen molar-refractivity contribution in [2.75, 3.05) is 26.2 Å². The summed E-state index contributed by atoms with van der Waals surface area (Å²) in [5.74, 6) is -0.982. The van der Waals surface area contributed by atoms with Gasteiger partial charge in [-0.05, 0) is 31.6 Å². The summed E-state index contributed by atoms with van der Waals surface area (Å²) in [4.78, 5) is 51.0. The summed E-state index contributed by atoms with van der Waals surface area (Å²) in [6.07, 6.45) is 2.93. The average molecular weight is 353 g/mol. The van der Waals surface area contributed by atoms with E-state index in [0.29, 0.717) is 31.8 Å². The number of nitrogens with one attached hydrogen (secondary N) is 1. The third kappa shape index (κ3) is 4.11. The van der Waals surface area contributed by atoms with Gasteiger partial charge in [-0.2, -0.15) is 0 Å². The quantitative estimate of drug-likeness (QED) is 0.565. The molecule has 140 valence electrons. The molecule has 0 spiro atoms. The predicted molar refractivity (Wildman–Crippen MR) is 89.5 cm³/mol. The van der Waals surface area contributed by atoms with Gasteiger partial charge in [0.15, 0.2) is 6.61 Å².